The Morgan fingerprint density at radius 1 is 1.35 bits per heavy atom. The van der Waals surface area contributed by atoms with Gasteiger partial charge in [-0.15, -0.1) is 17.9 Å². The third-order valence-corrected chi connectivity index (χ3v) is 5.41. The number of fused-ring (bicyclic) bond motifs is 1. The largest absolute Gasteiger partial charge is 0.383 e. The molecule has 1 aliphatic heterocycles. The number of likely N-dealkylation sites (tertiary alicyclic amines) is 1. The number of allylic oxidation sites excluding steroid dienone is 1. The minimum absolute atomic E-state index is 0.369. The van der Waals surface area contributed by atoms with Gasteiger partial charge in [0.1, 0.15) is 11.1 Å². The summed E-state index contributed by atoms with van der Waals surface area (Å²) in [5.41, 5.74) is 0.762. The van der Waals surface area contributed by atoms with E-state index < -0.39 is 18.1 Å². The average Bonchev–Trinajstić information content (AvgIpc) is 3.04. The van der Waals surface area contributed by atoms with E-state index >= 15 is 0 Å². The van der Waals surface area contributed by atoms with Crippen LogP contribution in [0.1, 0.15) is 24.0 Å². The summed E-state index contributed by atoms with van der Waals surface area (Å²) in [4.78, 5) is 18.3. The van der Waals surface area contributed by atoms with E-state index in [1.807, 2.05) is 30.3 Å². The van der Waals surface area contributed by atoms with Crippen LogP contribution in [0.4, 0.5) is 0 Å². The summed E-state index contributed by atoms with van der Waals surface area (Å²) in [6, 6.07) is 7.50. The quantitative estimate of drug-likeness (QED) is 0.841. The number of benzene rings is 1. The molecular formula is C17H20N2O3S. The molecule has 122 valence electrons. The molecule has 5 nitrogen and oxygen atoms in total. The molecule has 1 aliphatic rings. The predicted octanol–water partition coefficient (Wildman–Crippen LogP) is 2.12. The Morgan fingerprint density at radius 3 is 2.70 bits per heavy atom. The average molecular weight is 332 g/mol. The van der Waals surface area contributed by atoms with Gasteiger partial charge in [-0.2, -0.15) is 0 Å². The van der Waals surface area contributed by atoms with Crippen molar-refractivity contribution in [2.75, 3.05) is 13.1 Å². The predicted molar refractivity (Wildman–Crippen MR) is 90.1 cm³/mol. The second-order valence-corrected chi connectivity index (χ2v) is 6.87. The number of hydrogen-bond donors (Lipinski definition) is 2. The lowest BCUT2D eigenvalue weighted by atomic mass is 9.96. The van der Waals surface area contributed by atoms with Crippen molar-refractivity contribution in [2.24, 2.45) is 5.92 Å². The van der Waals surface area contributed by atoms with Crippen LogP contribution < -0.4 is 0 Å². The number of thiazole rings is 1. The second-order valence-electron chi connectivity index (χ2n) is 5.81. The van der Waals surface area contributed by atoms with Crippen molar-refractivity contribution in [3.63, 3.8) is 0 Å². The summed E-state index contributed by atoms with van der Waals surface area (Å²) in [6.07, 6.45) is 0.833. The maximum absolute atomic E-state index is 12.4. The van der Waals surface area contributed by atoms with Crippen molar-refractivity contribution < 1.29 is 15.0 Å². The van der Waals surface area contributed by atoms with Gasteiger partial charge < -0.3 is 15.1 Å². The van der Waals surface area contributed by atoms with Crippen molar-refractivity contribution in [2.45, 2.75) is 25.0 Å². The molecule has 0 radical (unpaired) electrons. The fourth-order valence-corrected chi connectivity index (χ4v) is 3.81. The molecule has 23 heavy (non-hydrogen) atoms. The summed E-state index contributed by atoms with van der Waals surface area (Å²) >= 11 is 1.30. The third kappa shape index (κ3) is 3.29. The fourth-order valence-electron chi connectivity index (χ4n) is 2.83. The minimum Gasteiger partial charge on any atom is -0.383 e. The molecule has 2 atom stereocenters. The van der Waals surface area contributed by atoms with Crippen LogP contribution in [0.3, 0.4) is 0 Å². The highest BCUT2D eigenvalue weighted by molar-refractivity contribution is 7.18. The summed E-state index contributed by atoms with van der Waals surface area (Å²) in [5.74, 6) is -0.00959. The van der Waals surface area contributed by atoms with Gasteiger partial charge in [0.25, 0.3) is 5.91 Å². The number of rotatable bonds is 4. The lowest BCUT2D eigenvalue weighted by molar-refractivity contribution is -0.147. The monoisotopic (exact) mass is 332 g/mol. The first-order valence-electron chi connectivity index (χ1n) is 7.73. The van der Waals surface area contributed by atoms with Crippen molar-refractivity contribution in [1.82, 2.24) is 9.88 Å². The van der Waals surface area contributed by atoms with Gasteiger partial charge >= 0.3 is 0 Å². The number of piperidine rings is 1. The van der Waals surface area contributed by atoms with E-state index in [9.17, 15) is 15.0 Å². The zero-order chi connectivity index (χ0) is 16.4. The van der Waals surface area contributed by atoms with E-state index in [2.05, 4.69) is 11.6 Å². The highest BCUT2D eigenvalue weighted by atomic mass is 32.1. The van der Waals surface area contributed by atoms with E-state index in [0.717, 1.165) is 23.1 Å². The first-order chi connectivity index (χ1) is 11.1. The van der Waals surface area contributed by atoms with Crippen molar-refractivity contribution in [1.29, 1.82) is 0 Å². The maximum Gasteiger partial charge on any atom is 0.254 e. The molecule has 1 aromatic carbocycles. The number of nitrogens with zero attached hydrogens (tertiary/aromatic N) is 2. The SMILES string of the molecule is C=CC1CCN(C(=O)[C@H](O)[C@H](O)c2nc3ccccc3s2)CC1. The van der Waals surface area contributed by atoms with E-state index in [4.69, 9.17) is 0 Å². The molecule has 0 saturated carbocycles. The topological polar surface area (TPSA) is 73.7 Å². The van der Waals surface area contributed by atoms with Crippen LogP contribution >= 0.6 is 11.3 Å². The van der Waals surface area contributed by atoms with Gasteiger partial charge in [0.05, 0.1) is 10.2 Å². The molecule has 2 N–H and O–H groups in total. The normalized spacial score (nSPS) is 18.8. The number of para-hydroxylation sites is 1. The van der Waals surface area contributed by atoms with Crippen molar-refractivity contribution >= 4 is 27.5 Å². The molecule has 2 aromatic rings. The fraction of sp³-hybridized carbons (Fsp3) is 0.412. The number of carbonyl (C=O) groups is 1. The molecule has 3 rings (SSSR count). The number of hydrogen-bond acceptors (Lipinski definition) is 5. The maximum atomic E-state index is 12.4. The van der Waals surface area contributed by atoms with Crippen molar-refractivity contribution in [3.05, 3.63) is 41.9 Å². The van der Waals surface area contributed by atoms with E-state index in [1.54, 1.807) is 4.90 Å². The van der Waals surface area contributed by atoms with Crippen LogP contribution in [0.25, 0.3) is 10.2 Å². The highest BCUT2D eigenvalue weighted by Gasteiger charge is 2.33. The van der Waals surface area contributed by atoms with Crippen LogP contribution in [0.15, 0.2) is 36.9 Å². The van der Waals surface area contributed by atoms with Gasteiger partial charge in [-0.25, -0.2) is 4.98 Å². The smallest absolute Gasteiger partial charge is 0.254 e. The van der Waals surface area contributed by atoms with E-state index in [1.165, 1.54) is 11.3 Å². The van der Waals surface area contributed by atoms with Crippen molar-refractivity contribution in [3.8, 4) is 0 Å². The Hall–Kier alpha value is -1.76. The lowest BCUT2D eigenvalue weighted by Crippen LogP contribution is -2.45. The molecule has 1 aromatic heterocycles. The van der Waals surface area contributed by atoms with Crippen LogP contribution in [-0.4, -0.2) is 45.2 Å². The van der Waals surface area contributed by atoms with Gasteiger partial charge in [-0.05, 0) is 30.9 Å². The first kappa shape index (κ1) is 16.1. The summed E-state index contributed by atoms with van der Waals surface area (Å²) in [7, 11) is 0. The minimum atomic E-state index is -1.48. The number of amides is 1. The summed E-state index contributed by atoms with van der Waals surface area (Å²) < 4.78 is 0.924. The lowest BCUT2D eigenvalue weighted by Gasteiger charge is -2.32. The molecule has 1 amide bonds. The van der Waals surface area contributed by atoms with Crippen LogP contribution in [-0.2, 0) is 4.79 Å². The van der Waals surface area contributed by atoms with E-state index in [0.29, 0.717) is 24.0 Å². The Kier molecular flexibility index (Phi) is 4.75. The molecule has 6 heteroatoms. The molecular weight excluding hydrogens is 312 g/mol. The van der Waals surface area contributed by atoms with Gasteiger partial charge in [0.15, 0.2) is 6.10 Å². The van der Waals surface area contributed by atoms with Gasteiger partial charge in [-0.1, -0.05) is 18.2 Å². The molecule has 0 unspecified atom stereocenters. The Balaban J connectivity index is 1.70. The molecule has 0 bridgehead atoms. The molecule has 1 saturated heterocycles. The molecule has 1 fully saturated rings. The Bertz CT molecular complexity index is 674. The standard InChI is InChI=1S/C17H20N2O3S/c1-2-11-7-9-19(10-8-11)17(22)15(21)14(20)16-18-12-5-3-4-6-13(12)23-16/h2-6,11,14-15,20-21H,1,7-10H2/t14-,15+/m0/s1. The first-order valence-corrected chi connectivity index (χ1v) is 8.54. The van der Waals surface area contributed by atoms with Gasteiger partial charge in [-0.3, -0.25) is 4.79 Å². The summed E-state index contributed by atoms with van der Waals surface area (Å²) in [6.45, 7) is 4.94. The van der Waals surface area contributed by atoms with Gasteiger partial charge in [0, 0.05) is 13.1 Å². The summed E-state index contributed by atoms with van der Waals surface area (Å²) in [5, 5.41) is 20.9. The molecule has 0 spiro atoms. The molecule has 0 aliphatic carbocycles. The Labute approximate surface area is 138 Å². The second kappa shape index (κ2) is 6.78. The van der Waals surface area contributed by atoms with Crippen LogP contribution in [0, 0.1) is 5.92 Å². The van der Waals surface area contributed by atoms with Gasteiger partial charge in [0.2, 0.25) is 0 Å². The van der Waals surface area contributed by atoms with Crippen LogP contribution in [0.2, 0.25) is 0 Å². The molecule has 2 heterocycles. The zero-order valence-corrected chi connectivity index (χ0v) is 13.6. The number of aliphatic hydroxyl groups excluding tert-OH is 2. The highest BCUT2D eigenvalue weighted by Crippen LogP contribution is 2.29. The van der Waals surface area contributed by atoms with Crippen LogP contribution in [0.5, 0.6) is 0 Å². The number of aliphatic hydroxyl groups is 2. The number of carbonyl (C=O) groups excluding carboxylic acids is 1. The zero-order valence-electron chi connectivity index (χ0n) is 12.8. The van der Waals surface area contributed by atoms with E-state index in [-0.39, 0.29) is 0 Å². The number of aromatic nitrogens is 1. The Morgan fingerprint density at radius 2 is 2.04 bits per heavy atom. The third-order valence-electron chi connectivity index (χ3n) is 4.30.